The Morgan fingerprint density at radius 3 is 2.84 bits per heavy atom. The zero-order chi connectivity index (χ0) is 17.6. The van der Waals surface area contributed by atoms with Crippen LogP contribution in [-0.2, 0) is 0 Å². The molecule has 126 valence electrons. The van der Waals surface area contributed by atoms with E-state index in [0.717, 1.165) is 17.1 Å². The third kappa shape index (κ3) is 2.58. The van der Waals surface area contributed by atoms with E-state index >= 15 is 0 Å². The lowest BCUT2D eigenvalue weighted by Crippen LogP contribution is -2.16. The number of aryl methyl sites for hydroxylation is 1. The topological polar surface area (TPSA) is 135 Å². The molecular formula is C15H12N6O3S. The number of anilines is 1. The van der Waals surface area contributed by atoms with Crippen molar-refractivity contribution >= 4 is 33.3 Å². The van der Waals surface area contributed by atoms with Crippen LogP contribution in [0.4, 0.5) is 10.5 Å². The minimum Gasteiger partial charge on any atom is -0.460 e. The van der Waals surface area contributed by atoms with Crippen LogP contribution in [-0.4, -0.2) is 25.8 Å². The number of amides is 1. The summed E-state index contributed by atoms with van der Waals surface area (Å²) in [5, 5.41) is 4.84. The molecule has 0 atom stereocenters. The smallest absolute Gasteiger partial charge is 0.410 e. The lowest BCUT2D eigenvalue weighted by molar-refractivity contribution is 0.212. The molecule has 10 heteroatoms. The van der Waals surface area contributed by atoms with E-state index in [-0.39, 0.29) is 10.8 Å². The van der Waals surface area contributed by atoms with Gasteiger partial charge in [0.25, 0.3) is 5.95 Å². The van der Waals surface area contributed by atoms with Gasteiger partial charge in [0.2, 0.25) is 5.06 Å². The highest BCUT2D eigenvalue weighted by Crippen LogP contribution is 2.43. The Hall–Kier alpha value is -3.40. The number of nitrogens with two attached hydrogens (primary N) is 2. The lowest BCUT2D eigenvalue weighted by Gasteiger charge is -2.05. The first-order valence-corrected chi connectivity index (χ1v) is 7.98. The fourth-order valence-electron chi connectivity index (χ4n) is 2.39. The molecule has 0 saturated carbocycles. The fourth-order valence-corrected chi connectivity index (χ4v) is 3.33. The first kappa shape index (κ1) is 15.1. The molecule has 0 aliphatic heterocycles. The second kappa shape index (κ2) is 5.60. The van der Waals surface area contributed by atoms with Crippen LogP contribution < -0.4 is 16.2 Å². The third-order valence-corrected chi connectivity index (χ3v) is 4.40. The Kier molecular flexibility index (Phi) is 3.39. The molecule has 0 aliphatic carbocycles. The number of primary amides is 1. The number of hydrogen-bond acceptors (Lipinski definition) is 8. The predicted octanol–water partition coefficient (Wildman–Crippen LogP) is 2.49. The molecule has 4 rings (SSSR count). The van der Waals surface area contributed by atoms with Gasteiger partial charge in [0, 0.05) is 12.4 Å². The van der Waals surface area contributed by atoms with Crippen LogP contribution in [0.15, 0.2) is 35.0 Å². The largest absolute Gasteiger partial charge is 0.460 e. The molecule has 4 heterocycles. The summed E-state index contributed by atoms with van der Waals surface area (Å²) in [4.78, 5) is 20.6. The first-order chi connectivity index (χ1) is 12.0. The molecule has 0 bridgehead atoms. The van der Waals surface area contributed by atoms with Crippen molar-refractivity contribution in [2.45, 2.75) is 6.92 Å². The zero-order valence-corrected chi connectivity index (χ0v) is 13.8. The SMILES string of the molecule is Cc1ccc(-c2nc(-n3cccn3)nc3sc(OC(N)=O)c(N)c23)o1. The monoisotopic (exact) mass is 356 g/mol. The third-order valence-electron chi connectivity index (χ3n) is 3.42. The van der Waals surface area contributed by atoms with E-state index < -0.39 is 6.09 Å². The van der Waals surface area contributed by atoms with Crippen LogP contribution in [0.25, 0.3) is 27.6 Å². The molecule has 25 heavy (non-hydrogen) atoms. The Morgan fingerprint density at radius 2 is 2.20 bits per heavy atom. The summed E-state index contributed by atoms with van der Waals surface area (Å²) in [6.07, 6.45) is 2.39. The minimum atomic E-state index is -0.950. The highest BCUT2D eigenvalue weighted by molar-refractivity contribution is 7.21. The van der Waals surface area contributed by atoms with Crippen molar-refractivity contribution < 1.29 is 13.9 Å². The van der Waals surface area contributed by atoms with Crippen molar-refractivity contribution in [3.05, 3.63) is 36.4 Å². The van der Waals surface area contributed by atoms with E-state index in [1.807, 2.05) is 13.0 Å². The van der Waals surface area contributed by atoms with Gasteiger partial charge in [-0.05, 0) is 25.1 Å². The molecular weight excluding hydrogens is 344 g/mol. The highest BCUT2D eigenvalue weighted by atomic mass is 32.1. The zero-order valence-electron chi connectivity index (χ0n) is 13.0. The standard InChI is InChI=1S/C15H12N6O3S/c1-7-3-4-8(23-7)11-9-10(16)13(24-14(17)22)25-12(9)20-15(19-11)21-6-2-5-18-21/h2-6H,16H2,1H3,(H2,17,22). The maximum Gasteiger partial charge on any atom is 0.410 e. The molecule has 4 N–H and O–H groups in total. The summed E-state index contributed by atoms with van der Waals surface area (Å²) < 4.78 is 12.2. The van der Waals surface area contributed by atoms with Crippen LogP contribution in [0.2, 0.25) is 0 Å². The number of nitrogens with zero attached hydrogens (tertiary/aromatic N) is 4. The van der Waals surface area contributed by atoms with Crippen molar-refractivity contribution in [3.63, 3.8) is 0 Å². The molecule has 4 aromatic heterocycles. The van der Waals surface area contributed by atoms with Gasteiger partial charge < -0.3 is 20.6 Å². The van der Waals surface area contributed by atoms with Gasteiger partial charge >= 0.3 is 6.09 Å². The molecule has 0 aliphatic rings. The van der Waals surface area contributed by atoms with Gasteiger partial charge in [-0.25, -0.2) is 14.5 Å². The quantitative estimate of drug-likeness (QED) is 0.575. The van der Waals surface area contributed by atoms with Gasteiger partial charge in [-0.1, -0.05) is 11.3 Å². The Balaban J connectivity index is 2.01. The number of ether oxygens (including phenoxy) is 1. The van der Waals surface area contributed by atoms with E-state index in [9.17, 15) is 4.79 Å². The second-order valence-electron chi connectivity index (χ2n) is 5.14. The van der Waals surface area contributed by atoms with E-state index in [0.29, 0.717) is 27.6 Å². The van der Waals surface area contributed by atoms with Gasteiger partial charge in [-0.3, -0.25) is 0 Å². The molecule has 1 amide bonds. The normalized spacial score (nSPS) is 11.1. The molecule has 0 radical (unpaired) electrons. The van der Waals surface area contributed by atoms with Crippen molar-refractivity contribution in [2.24, 2.45) is 5.73 Å². The van der Waals surface area contributed by atoms with Crippen LogP contribution >= 0.6 is 11.3 Å². The van der Waals surface area contributed by atoms with Gasteiger partial charge in [0.15, 0.2) is 5.76 Å². The van der Waals surface area contributed by atoms with Crippen molar-refractivity contribution in [2.75, 3.05) is 5.73 Å². The molecule has 9 nitrogen and oxygen atoms in total. The van der Waals surface area contributed by atoms with Gasteiger partial charge in [0.05, 0.1) is 11.1 Å². The van der Waals surface area contributed by atoms with Gasteiger partial charge in [0.1, 0.15) is 16.3 Å². The fraction of sp³-hybridized carbons (Fsp3) is 0.0667. The number of carbonyl (C=O) groups excluding carboxylic acids is 1. The summed E-state index contributed by atoms with van der Waals surface area (Å²) in [6.45, 7) is 1.83. The number of nitrogen functional groups attached to an aromatic ring is 1. The van der Waals surface area contributed by atoms with E-state index in [1.54, 1.807) is 24.5 Å². The van der Waals surface area contributed by atoms with Gasteiger partial charge in [-0.2, -0.15) is 10.1 Å². The Bertz CT molecular complexity index is 1080. The van der Waals surface area contributed by atoms with Crippen LogP contribution in [0.3, 0.4) is 0 Å². The molecule has 0 unspecified atom stereocenters. The summed E-state index contributed by atoms with van der Waals surface area (Å²) in [6, 6.07) is 5.37. The van der Waals surface area contributed by atoms with Crippen LogP contribution in [0.1, 0.15) is 5.76 Å². The first-order valence-electron chi connectivity index (χ1n) is 7.17. The Morgan fingerprint density at radius 1 is 1.36 bits per heavy atom. The van der Waals surface area contributed by atoms with Crippen LogP contribution in [0.5, 0.6) is 5.06 Å². The molecule has 0 spiro atoms. The number of hydrogen-bond donors (Lipinski definition) is 2. The number of thiophene rings is 1. The molecule has 4 aromatic rings. The maximum atomic E-state index is 11.1. The van der Waals surface area contributed by atoms with Gasteiger partial charge in [-0.15, -0.1) is 0 Å². The predicted molar refractivity (Wildman–Crippen MR) is 91.6 cm³/mol. The molecule has 0 aromatic carbocycles. The Labute approximate surface area is 144 Å². The minimum absolute atomic E-state index is 0.166. The number of carbonyl (C=O) groups is 1. The summed E-state index contributed by atoms with van der Waals surface area (Å²) in [7, 11) is 0. The number of fused-ring (bicyclic) bond motifs is 1. The number of furan rings is 1. The summed E-state index contributed by atoms with van der Waals surface area (Å²) >= 11 is 1.10. The molecule has 0 saturated heterocycles. The summed E-state index contributed by atoms with van der Waals surface area (Å²) in [5.41, 5.74) is 11.9. The van der Waals surface area contributed by atoms with Crippen molar-refractivity contribution in [1.82, 2.24) is 19.7 Å². The van der Waals surface area contributed by atoms with Crippen molar-refractivity contribution in [3.8, 4) is 22.5 Å². The van der Waals surface area contributed by atoms with E-state index in [1.165, 1.54) is 4.68 Å². The number of rotatable bonds is 3. The van der Waals surface area contributed by atoms with E-state index in [4.69, 9.17) is 20.6 Å². The van der Waals surface area contributed by atoms with Crippen molar-refractivity contribution in [1.29, 1.82) is 0 Å². The summed E-state index contributed by atoms with van der Waals surface area (Å²) in [5.74, 6) is 1.59. The lowest BCUT2D eigenvalue weighted by atomic mass is 10.2. The number of aromatic nitrogens is 4. The van der Waals surface area contributed by atoms with E-state index in [2.05, 4.69) is 15.1 Å². The second-order valence-corrected chi connectivity index (χ2v) is 6.10. The average molecular weight is 356 g/mol. The molecule has 0 fully saturated rings. The average Bonchev–Trinajstić information content (AvgIpc) is 3.28. The van der Waals surface area contributed by atoms with Crippen LogP contribution in [0, 0.1) is 6.92 Å². The highest BCUT2D eigenvalue weighted by Gasteiger charge is 2.22. The maximum absolute atomic E-state index is 11.1.